The van der Waals surface area contributed by atoms with Gasteiger partial charge in [-0.15, -0.1) is 0 Å². The third-order valence-corrected chi connectivity index (χ3v) is 4.67. The number of rotatable bonds is 10. The van der Waals surface area contributed by atoms with Crippen molar-refractivity contribution in [1.82, 2.24) is 5.32 Å². The third-order valence-electron chi connectivity index (χ3n) is 4.67. The summed E-state index contributed by atoms with van der Waals surface area (Å²) in [6.07, 6.45) is 6.70. The quantitative estimate of drug-likeness (QED) is 0.373. The lowest BCUT2D eigenvalue weighted by atomic mass is 9.72. The minimum absolute atomic E-state index is 0.101. The Balaban J connectivity index is 1.98. The van der Waals surface area contributed by atoms with Crippen molar-refractivity contribution in [1.29, 1.82) is 0 Å². The molecular formula is C20H30BNO5. The molecule has 148 valence electrons. The van der Waals surface area contributed by atoms with E-state index in [1.54, 1.807) is 12.1 Å². The Morgan fingerprint density at radius 2 is 2.00 bits per heavy atom. The van der Waals surface area contributed by atoms with Crippen LogP contribution >= 0.6 is 0 Å². The van der Waals surface area contributed by atoms with Gasteiger partial charge in [0.25, 0.3) is 0 Å². The van der Waals surface area contributed by atoms with Crippen molar-refractivity contribution >= 4 is 19.0 Å². The van der Waals surface area contributed by atoms with Gasteiger partial charge in [-0.25, -0.2) is 4.79 Å². The maximum Gasteiger partial charge on any atom is 0.547 e. The number of carbonyl (C=O) groups excluding carboxylic acids is 2. The molecule has 0 aromatic heterocycles. The zero-order valence-corrected chi connectivity index (χ0v) is 16.3. The van der Waals surface area contributed by atoms with Gasteiger partial charge in [0, 0.05) is 6.42 Å². The molecule has 1 aliphatic heterocycles. The maximum absolute atomic E-state index is 12.4. The van der Waals surface area contributed by atoms with Gasteiger partial charge in [0.05, 0.1) is 12.5 Å². The summed E-state index contributed by atoms with van der Waals surface area (Å²) in [7, 11) is -1.19. The van der Waals surface area contributed by atoms with E-state index in [-0.39, 0.29) is 5.91 Å². The fourth-order valence-electron chi connectivity index (χ4n) is 3.10. The number of hydrogen-bond donors (Lipinski definition) is 2. The molecule has 0 unspecified atom stereocenters. The standard InChI is InChI=1S/C20H30BNO5/c1-3-5-7-8-13-26-20(24)16-11-9-10-15-14-17(21(25)27-19(15)16)22-18(23)12-6-4-2/h9-11,17,25H,3-8,12-14H2,1-2H3,(H,22,23)/t17-/m0/s1. The predicted molar refractivity (Wildman–Crippen MR) is 105 cm³/mol. The van der Waals surface area contributed by atoms with E-state index in [1.807, 2.05) is 13.0 Å². The SMILES string of the molecule is CCCCCCOC(=O)c1cccc2c1OB(O)[C@@H](NC(=O)CCCC)C2. The Hall–Kier alpha value is -2.02. The molecule has 2 rings (SSSR count). The summed E-state index contributed by atoms with van der Waals surface area (Å²) in [5.41, 5.74) is 1.10. The van der Waals surface area contributed by atoms with E-state index in [0.717, 1.165) is 44.1 Å². The number of amides is 1. The van der Waals surface area contributed by atoms with E-state index >= 15 is 0 Å². The Bertz CT molecular complexity index is 637. The van der Waals surface area contributed by atoms with Gasteiger partial charge in [0.2, 0.25) is 5.91 Å². The van der Waals surface area contributed by atoms with Gasteiger partial charge in [-0.05, 0) is 30.9 Å². The smallest absolute Gasteiger partial charge is 0.534 e. The molecule has 0 saturated heterocycles. The van der Waals surface area contributed by atoms with Gasteiger partial charge < -0.3 is 19.7 Å². The molecule has 1 aliphatic rings. The number of unbranched alkanes of at least 4 members (excludes halogenated alkanes) is 4. The topological polar surface area (TPSA) is 84.9 Å². The van der Waals surface area contributed by atoms with Crippen LogP contribution in [0.5, 0.6) is 5.75 Å². The summed E-state index contributed by atoms with van der Waals surface area (Å²) < 4.78 is 10.9. The molecule has 27 heavy (non-hydrogen) atoms. The molecular weight excluding hydrogens is 345 g/mol. The monoisotopic (exact) mass is 375 g/mol. The number of para-hydroxylation sites is 1. The maximum atomic E-state index is 12.4. The highest BCUT2D eigenvalue weighted by Gasteiger charge is 2.37. The first-order chi connectivity index (χ1) is 13.1. The number of benzene rings is 1. The summed E-state index contributed by atoms with van der Waals surface area (Å²) in [5.74, 6) is -0.721. The summed E-state index contributed by atoms with van der Waals surface area (Å²) in [5, 5.41) is 13.1. The van der Waals surface area contributed by atoms with Crippen molar-refractivity contribution in [3.63, 3.8) is 0 Å². The highest BCUT2D eigenvalue weighted by molar-refractivity contribution is 6.47. The van der Waals surface area contributed by atoms with Crippen molar-refractivity contribution < 1.29 is 24.0 Å². The number of fused-ring (bicyclic) bond motifs is 1. The Morgan fingerprint density at radius 1 is 1.22 bits per heavy atom. The average molecular weight is 375 g/mol. The van der Waals surface area contributed by atoms with Crippen LogP contribution in [0.15, 0.2) is 18.2 Å². The Morgan fingerprint density at radius 3 is 2.74 bits per heavy atom. The average Bonchev–Trinajstić information content (AvgIpc) is 2.66. The van der Waals surface area contributed by atoms with Crippen LogP contribution in [0.1, 0.15) is 74.7 Å². The van der Waals surface area contributed by atoms with Gasteiger partial charge in [0.15, 0.2) is 0 Å². The molecule has 0 saturated carbocycles. The van der Waals surface area contributed by atoms with Gasteiger partial charge in [-0.1, -0.05) is 51.7 Å². The van der Waals surface area contributed by atoms with Crippen LogP contribution in [-0.4, -0.2) is 36.6 Å². The lowest BCUT2D eigenvalue weighted by molar-refractivity contribution is -0.121. The summed E-state index contributed by atoms with van der Waals surface area (Å²) in [6.45, 7) is 4.53. The van der Waals surface area contributed by atoms with Gasteiger partial charge in [-0.2, -0.15) is 0 Å². The highest BCUT2D eigenvalue weighted by Crippen LogP contribution is 2.30. The lowest BCUT2D eigenvalue weighted by Crippen LogP contribution is -2.53. The lowest BCUT2D eigenvalue weighted by Gasteiger charge is -2.29. The molecule has 0 aliphatic carbocycles. The molecule has 6 nitrogen and oxygen atoms in total. The number of nitrogens with one attached hydrogen (secondary N) is 1. The molecule has 0 bridgehead atoms. The van der Waals surface area contributed by atoms with Crippen molar-refractivity contribution in [2.45, 2.75) is 71.2 Å². The number of hydrogen-bond acceptors (Lipinski definition) is 5. The van der Waals surface area contributed by atoms with E-state index in [0.29, 0.717) is 30.8 Å². The van der Waals surface area contributed by atoms with Crippen LogP contribution in [-0.2, 0) is 16.0 Å². The van der Waals surface area contributed by atoms with E-state index in [1.165, 1.54) is 0 Å². The first-order valence-corrected chi connectivity index (χ1v) is 9.99. The summed E-state index contributed by atoms with van der Waals surface area (Å²) >= 11 is 0. The second-order valence-electron chi connectivity index (χ2n) is 6.98. The van der Waals surface area contributed by atoms with Crippen molar-refractivity contribution in [3.8, 4) is 5.75 Å². The molecule has 1 heterocycles. The number of esters is 1. The van der Waals surface area contributed by atoms with Crippen LogP contribution in [0.25, 0.3) is 0 Å². The van der Waals surface area contributed by atoms with Crippen molar-refractivity contribution in [2.75, 3.05) is 6.61 Å². The molecule has 7 heteroatoms. The minimum atomic E-state index is -1.19. The zero-order valence-electron chi connectivity index (χ0n) is 16.3. The number of ether oxygens (including phenoxy) is 1. The van der Waals surface area contributed by atoms with Gasteiger partial charge >= 0.3 is 13.1 Å². The van der Waals surface area contributed by atoms with Crippen molar-refractivity contribution in [2.24, 2.45) is 0 Å². The molecule has 0 fully saturated rings. The Kier molecular flexibility index (Phi) is 8.65. The largest absolute Gasteiger partial charge is 0.547 e. The second kappa shape index (κ2) is 11.0. The fourth-order valence-corrected chi connectivity index (χ4v) is 3.10. The van der Waals surface area contributed by atoms with E-state index in [2.05, 4.69) is 12.2 Å². The Labute approximate surface area is 161 Å². The normalized spacial score (nSPS) is 15.7. The van der Waals surface area contributed by atoms with Gasteiger partial charge in [-0.3, -0.25) is 4.79 Å². The van der Waals surface area contributed by atoms with Gasteiger partial charge in [0.1, 0.15) is 11.3 Å². The zero-order chi connectivity index (χ0) is 19.6. The number of carbonyl (C=O) groups is 2. The van der Waals surface area contributed by atoms with Crippen molar-refractivity contribution in [3.05, 3.63) is 29.3 Å². The van der Waals surface area contributed by atoms with E-state index in [9.17, 15) is 14.6 Å². The predicted octanol–water partition coefficient (Wildman–Crippen LogP) is 3.05. The third kappa shape index (κ3) is 6.27. The molecule has 0 spiro atoms. The highest BCUT2D eigenvalue weighted by atomic mass is 16.5. The molecule has 0 radical (unpaired) electrons. The van der Waals surface area contributed by atoms with Crippen LogP contribution < -0.4 is 9.97 Å². The first-order valence-electron chi connectivity index (χ1n) is 9.99. The fraction of sp³-hybridized carbons (Fsp3) is 0.600. The van der Waals surface area contributed by atoms with E-state index < -0.39 is 19.0 Å². The van der Waals surface area contributed by atoms with Crippen LogP contribution in [0.3, 0.4) is 0 Å². The van der Waals surface area contributed by atoms with E-state index in [4.69, 9.17) is 9.39 Å². The van der Waals surface area contributed by atoms with Crippen LogP contribution in [0, 0.1) is 0 Å². The molecule has 1 atom stereocenters. The van der Waals surface area contributed by atoms with Crippen LogP contribution in [0.4, 0.5) is 0 Å². The molecule has 2 N–H and O–H groups in total. The summed E-state index contributed by atoms with van der Waals surface area (Å²) in [6, 6.07) is 5.24. The molecule has 1 aromatic carbocycles. The van der Waals surface area contributed by atoms with Crippen LogP contribution in [0.2, 0.25) is 0 Å². The molecule has 1 aromatic rings. The minimum Gasteiger partial charge on any atom is -0.534 e. The second-order valence-corrected chi connectivity index (χ2v) is 6.98. The molecule has 1 amide bonds. The summed E-state index contributed by atoms with van der Waals surface area (Å²) in [4.78, 5) is 24.3. The first kappa shape index (κ1) is 21.3.